The van der Waals surface area contributed by atoms with Gasteiger partial charge in [0.05, 0.1) is 5.69 Å². The Morgan fingerprint density at radius 3 is 2.24 bits per heavy atom. The molecular formula is C24H29Cl2F2N3O2. The van der Waals surface area contributed by atoms with Crippen LogP contribution in [-0.2, 0) is 4.74 Å². The maximum atomic E-state index is 14.7. The molecule has 0 N–H and O–H groups in total. The third kappa shape index (κ3) is 5.84. The molecule has 1 aromatic heterocycles. The lowest BCUT2D eigenvalue weighted by molar-refractivity contribution is -0.0426. The second-order valence-electron chi connectivity index (χ2n) is 7.66. The van der Waals surface area contributed by atoms with E-state index in [2.05, 4.69) is 16.7 Å². The maximum absolute atomic E-state index is 14.7. The minimum atomic E-state index is -0.785. The van der Waals surface area contributed by atoms with Crippen molar-refractivity contribution in [3.8, 4) is 17.0 Å². The van der Waals surface area contributed by atoms with Crippen LogP contribution in [-0.4, -0.2) is 56.0 Å². The summed E-state index contributed by atoms with van der Waals surface area (Å²) >= 11 is 0. The molecule has 2 heterocycles. The van der Waals surface area contributed by atoms with Crippen LogP contribution < -0.4 is 9.64 Å². The van der Waals surface area contributed by atoms with E-state index in [9.17, 15) is 8.78 Å². The van der Waals surface area contributed by atoms with Crippen molar-refractivity contribution in [3.05, 3.63) is 54.1 Å². The number of hydrogen-bond donors (Lipinski definition) is 0. The number of likely N-dealkylation sites (N-methyl/N-ethyl adjacent to an activating group) is 1. The van der Waals surface area contributed by atoms with E-state index in [1.54, 1.807) is 6.92 Å². The molecule has 3 aromatic rings. The van der Waals surface area contributed by atoms with Crippen molar-refractivity contribution in [3.63, 3.8) is 0 Å². The minimum Gasteiger partial charge on any atom is -0.459 e. The highest BCUT2D eigenvalue weighted by Crippen LogP contribution is 2.33. The van der Waals surface area contributed by atoms with E-state index in [1.807, 2.05) is 30.3 Å². The van der Waals surface area contributed by atoms with Gasteiger partial charge in [0.1, 0.15) is 5.82 Å². The van der Waals surface area contributed by atoms with Gasteiger partial charge >= 0.3 is 0 Å². The minimum absolute atomic E-state index is 0. The number of anilines is 1. The van der Waals surface area contributed by atoms with E-state index in [0.717, 1.165) is 49.3 Å². The third-order valence-electron chi connectivity index (χ3n) is 5.75. The van der Waals surface area contributed by atoms with E-state index in [0.29, 0.717) is 11.3 Å². The summed E-state index contributed by atoms with van der Waals surface area (Å²) in [4.78, 5) is 9.49. The van der Waals surface area contributed by atoms with Crippen molar-refractivity contribution in [2.24, 2.45) is 0 Å². The second kappa shape index (κ2) is 11.8. The molecule has 0 aliphatic carbocycles. The van der Waals surface area contributed by atoms with Crippen LogP contribution in [0.2, 0.25) is 0 Å². The summed E-state index contributed by atoms with van der Waals surface area (Å²) in [7, 11) is 1.41. The van der Waals surface area contributed by atoms with Crippen molar-refractivity contribution >= 4 is 41.4 Å². The summed E-state index contributed by atoms with van der Waals surface area (Å²) < 4.78 is 39.5. The molecule has 1 aliphatic rings. The molecule has 1 fully saturated rings. The van der Waals surface area contributed by atoms with Crippen molar-refractivity contribution in [1.82, 2.24) is 9.88 Å². The van der Waals surface area contributed by atoms with Crippen LogP contribution in [0.5, 0.6) is 5.75 Å². The van der Waals surface area contributed by atoms with Crippen molar-refractivity contribution in [2.75, 3.05) is 44.7 Å². The first-order valence-electron chi connectivity index (χ1n) is 10.6. The third-order valence-corrected chi connectivity index (χ3v) is 5.75. The zero-order chi connectivity index (χ0) is 22.0. The summed E-state index contributed by atoms with van der Waals surface area (Å²) in [6.45, 7) is 8.40. The zero-order valence-corrected chi connectivity index (χ0v) is 20.5. The Balaban J connectivity index is 0.00000193. The number of methoxy groups -OCH3 is 1. The van der Waals surface area contributed by atoms with E-state index in [-0.39, 0.29) is 24.8 Å². The molecule has 180 valence electrons. The van der Waals surface area contributed by atoms with Gasteiger partial charge in [-0.1, -0.05) is 31.2 Å². The molecule has 33 heavy (non-hydrogen) atoms. The first-order chi connectivity index (χ1) is 15.0. The monoisotopic (exact) mass is 499 g/mol. The van der Waals surface area contributed by atoms with Crippen molar-refractivity contribution in [2.45, 2.75) is 20.1 Å². The number of benzene rings is 2. The predicted octanol–water partition coefficient (Wildman–Crippen LogP) is 5.54. The highest BCUT2D eigenvalue weighted by Gasteiger charge is 2.21. The number of nitrogens with zero attached hydrogens (tertiary/aromatic N) is 3. The number of pyridine rings is 1. The van der Waals surface area contributed by atoms with Gasteiger partial charge in [0, 0.05) is 44.2 Å². The molecular weight excluding hydrogens is 471 g/mol. The van der Waals surface area contributed by atoms with Crippen LogP contribution in [0, 0.1) is 11.6 Å². The van der Waals surface area contributed by atoms with Crippen LogP contribution >= 0.6 is 24.8 Å². The average molecular weight is 500 g/mol. The van der Waals surface area contributed by atoms with E-state index in [1.165, 1.54) is 19.2 Å². The summed E-state index contributed by atoms with van der Waals surface area (Å²) in [5.74, 6) is -1.17. The van der Waals surface area contributed by atoms with E-state index in [4.69, 9.17) is 14.5 Å². The summed E-state index contributed by atoms with van der Waals surface area (Å²) in [6.07, 6.45) is -0.762. The Morgan fingerprint density at radius 1 is 1.00 bits per heavy atom. The van der Waals surface area contributed by atoms with E-state index < -0.39 is 23.7 Å². The molecule has 1 aliphatic heterocycles. The zero-order valence-electron chi connectivity index (χ0n) is 18.9. The highest BCUT2D eigenvalue weighted by atomic mass is 35.5. The number of hydrogen-bond acceptors (Lipinski definition) is 5. The van der Waals surface area contributed by atoms with Gasteiger partial charge in [-0.3, -0.25) is 0 Å². The second-order valence-corrected chi connectivity index (χ2v) is 7.66. The topological polar surface area (TPSA) is 37.8 Å². The molecule has 0 spiro atoms. The fourth-order valence-corrected chi connectivity index (χ4v) is 3.88. The molecule has 5 nitrogen and oxygen atoms in total. The molecule has 1 atom stereocenters. The molecule has 2 aromatic carbocycles. The lowest BCUT2D eigenvalue weighted by atomic mass is 10.1. The summed E-state index contributed by atoms with van der Waals surface area (Å²) in [5.41, 5.74) is 0.891. The van der Waals surface area contributed by atoms with Gasteiger partial charge in [-0.25, -0.2) is 13.8 Å². The highest BCUT2D eigenvalue weighted by molar-refractivity contribution is 5.95. The predicted molar refractivity (Wildman–Crippen MR) is 133 cm³/mol. The first kappa shape index (κ1) is 27.1. The molecule has 0 radical (unpaired) electrons. The number of piperazine rings is 1. The lowest BCUT2D eigenvalue weighted by Gasteiger charge is -2.35. The van der Waals surface area contributed by atoms with Gasteiger partial charge in [-0.2, -0.15) is 0 Å². The van der Waals surface area contributed by atoms with Crippen LogP contribution in [0.1, 0.15) is 13.8 Å². The lowest BCUT2D eigenvalue weighted by Crippen LogP contribution is -2.46. The molecule has 0 saturated carbocycles. The van der Waals surface area contributed by atoms with Gasteiger partial charge in [-0.05, 0) is 37.1 Å². The number of fused-ring (bicyclic) bond motifs is 1. The average Bonchev–Trinajstić information content (AvgIpc) is 2.80. The van der Waals surface area contributed by atoms with Crippen LogP contribution in [0.25, 0.3) is 22.0 Å². The number of halogens is 4. The van der Waals surface area contributed by atoms with E-state index >= 15 is 0 Å². The standard InChI is InChI=1S/C24H27F2N3O2.2ClH/c1-4-28-9-11-29(12-10-28)24-19-8-6-5-7-17(19)15-22(27-24)18-13-20(25)23(21(26)14-18)31-16(2)30-3;;/h5-8,13-16H,4,9-12H2,1-3H3;2*1H. The number of aromatic nitrogens is 1. The van der Waals surface area contributed by atoms with Gasteiger partial charge in [0.25, 0.3) is 0 Å². The van der Waals surface area contributed by atoms with Gasteiger partial charge < -0.3 is 19.3 Å². The number of rotatable bonds is 6. The van der Waals surface area contributed by atoms with Gasteiger partial charge in [0.15, 0.2) is 23.7 Å². The molecule has 4 rings (SSSR count). The smallest absolute Gasteiger partial charge is 0.197 e. The molecule has 0 bridgehead atoms. The van der Waals surface area contributed by atoms with Crippen molar-refractivity contribution in [1.29, 1.82) is 0 Å². The fourth-order valence-electron chi connectivity index (χ4n) is 3.88. The Bertz CT molecular complexity index is 1060. The molecule has 0 amide bonds. The quantitative estimate of drug-likeness (QED) is 0.416. The van der Waals surface area contributed by atoms with Crippen LogP contribution in [0.3, 0.4) is 0 Å². The Labute approximate surface area is 205 Å². The molecule has 1 unspecified atom stereocenters. The van der Waals surface area contributed by atoms with Crippen LogP contribution in [0.15, 0.2) is 42.5 Å². The summed E-state index contributed by atoms with van der Waals surface area (Å²) in [5, 5.41) is 2.01. The maximum Gasteiger partial charge on any atom is 0.197 e. The SMILES string of the molecule is CCN1CCN(c2nc(-c3cc(F)c(OC(C)OC)c(F)c3)cc3ccccc23)CC1.Cl.Cl. The van der Waals surface area contributed by atoms with Gasteiger partial charge in [0.2, 0.25) is 0 Å². The summed E-state index contributed by atoms with van der Waals surface area (Å²) in [6, 6.07) is 12.4. The largest absolute Gasteiger partial charge is 0.459 e. The van der Waals surface area contributed by atoms with Crippen molar-refractivity contribution < 1.29 is 18.3 Å². The Kier molecular flexibility index (Phi) is 9.67. The van der Waals surface area contributed by atoms with Gasteiger partial charge in [-0.15, -0.1) is 24.8 Å². The molecule has 1 saturated heterocycles. The normalized spacial score (nSPS) is 15.0. The van der Waals surface area contributed by atoms with Crippen LogP contribution in [0.4, 0.5) is 14.6 Å². The Hall–Kier alpha value is -2.19. The first-order valence-corrected chi connectivity index (χ1v) is 10.6. The fraction of sp³-hybridized carbons (Fsp3) is 0.375. The molecule has 9 heteroatoms. The number of ether oxygens (including phenoxy) is 2. The Morgan fingerprint density at radius 2 is 1.64 bits per heavy atom.